The van der Waals surface area contributed by atoms with Crippen LogP contribution in [0.3, 0.4) is 0 Å². The van der Waals surface area contributed by atoms with Crippen LogP contribution in [-0.2, 0) is 12.8 Å². The average Bonchev–Trinajstić information content (AvgIpc) is 2.96. The second-order valence-corrected chi connectivity index (χ2v) is 5.72. The Morgan fingerprint density at radius 3 is 2.88 bits per heavy atom. The summed E-state index contributed by atoms with van der Waals surface area (Å²) < 4.78 is 0. The quantitative estimate of drug-likeness (QED) is 0.636. The van der Waals surface area contributed by atoms with E-state index in [0.29, 0.717) is 0 Å². The standard InChI is InChI=1S/C11H15N3S2/c1-2-8-3-4-11(16-8)10(14-12)5-9-6-13-7-15-9/h3-4,6-7,10,14H,2,5,12H2,1H3. The van der Waals surface area contributed by atoms with Crippen molar-refractivity contribution < 1.29 is 0 Å². The van der Waals surface area contributed by atoms with Crippen LogP contribution in [0.1, 0.15) is 27.6 Å². The van der Waals surface area contributed by atoms with Gasteiger partial charge in [-0.05, 0) is 18.6 Å². The molecule has 2 rings (SSSR count). The largest absolute Gasteiger partial charge is 0.271 e. The highest BCUT2D eigenvalue weighted by molar-refractivity contribution is 7.12. The number of nitrogens with zero attached hydrogens (tertiary/aromatic N) is 1. The van der Waals surface area contributed by atoms with Crippen LogP contribution >= 0.6 is 22.7 Å². The summed E-state index contributed by atoms with van der Waals surface area (Å²) in [5.74, 6) is 5.61. The van der Waals surface area contributed by atoms with Crippen molar-refractivity contribution in [3.05, 3.63) is 38.5 Å². The Bertz CT molecular complexity index is 422. The minimum absolute atomic E-state index is 0.200. The molecule has 0 bridgehead atoms. The van der Waals surface area contributed by atoms with Gasteiger partial charge >= 0.3 is 0 Å². The van der Waals surface area contributed by atoms with Crippen molar-refractivity contribution in [3.63, 3.8) is 0 Å². The van der Waals surface area contributed by atoms with E-state index in [0.717, 1.165) is 12.8 Å². The predicted molar refractivity (Wildman–Crippen MR) is 69.6 cm³/mol. The molecule has 0 fully saturated rings. The summed E-state index contributed by atoms with van der Waals surface area (Å²) in [5.41, 5.74) is 4.74. The maximum Gasteiger partial charge on any atom is 0.0794 e. The number of rotatable bonds is 5. The van der Waals surface area contributed by atoms with Crippen LogP contribution in [0.4, 0.5) is 0 Å². The first-order valence-electron chi connectivity index (χ1n) is 5.25. The third-order valence-electron chi connectivity index (χ3n) is 2.46. The lowest BCUT2D eigenvalue weighted by atomic mass is 10.1. The minimum Gasteiger partial charge on any atom is -0.271 e. The SMILES string of the molecule is CCc1ccc(C(Cc2cncs2)NN)s1. The van der Waals surface area contributed by atoms with E-state index in [1.165, 1.54) is 14.6 Å². The molecule has 0 radical (unpaired) electrons. The molecule has 16 heavy (non-hydrogen) atoms. The molecule has 1 atom stereocenters. The first-order chi connectivity index (χ1) is 7.83. The molecule has 0 aliphatic carbocycles. The van der Waals surface area contributed by atoms with E-state index in [-0.39, 0.29) is 6.04 Å². The van der Waals surface area contributed by atoms with Gasteiger partial charge in [-0.3, -0.25) is 16.3 Å². The summed E-state index contributed by atoms with van der Waals surface area (Å²) in [7, 11) is 0. The second-order valence-electron chi connectivity index (χ2n) is 3.55. The van der Waals surface area contributed by atoms with Gasteiger partial charge in [-0.15, -0.1) is 22.7 Å². The smallest absolute Gasteiger partial charge is 0.0794 e. The first kappa shape index (κ1) is 11.7. The summed E-state index contributed by atoms with van der Waals surface area (Å²) in [6.45, 7) is 2.17. The summed E-state index contributed by atoms with van der Waals surface area (Å²) in [6, 6.07) is 4.54. The van der Waals surface area contributed by atoms with Gasteiger partial charge in [0.15, 0.2) is 0 Å². The van der Waals surface area contributed by atoms with Gasteiger partial charge in [0.2, 0.25) is 0 Å². The van der Waals surface area contributed by atoms with Crippen molar-refractivity contribution in [1.29, 1.82) is 0 Å². The number of nitrogens with two attached hydrogens (primary N) is 1. The van der Waals surface area contributed by atoms with E-state index in [9.17, 15) is 0 Å². The highest BCUT2D eigenvalue weighted by Gasteiger charge is 2.13. The molecule has 2 aromatic heterocycles. The van der Waals surface area contributed by atoms with Gasteiger partial charge in [-0.2, -0.15) is 0 Å². The van der Waals surface area contributed by atoms with E-state index in [1.807, 2.05) is 23.0 Å². The fraction of sp³-hybridized carbons (Fsp3) is 0.364. The van der Waals surface area contributed by atoms with Crippen LogP contribution in [0.5, 0.6) is 0 Å². The van der Waals surface area contributed by atoms with Crippen molar-refractivity contribution in [2.24, 2.45) is 5.84 Å². The van der Waals surface area contributed by atoms with Crippen LogP contribution < -0.4 is 11.3 Å². The van der Waals surface area contributed by atoms with Crippen molar-refractivity contribution in [3.8, 4) is 0 Å². The third-order valence-corrected chi connectivity index (χ3v) is 4.61. The number of aromatic nitrogens is 1. The summed E-state index contributed by atoms with van der Waals surface area (Å²) >= 11 is 3.50. The van der Waals surface area contributed by atoms with Gasteiger partial charge in [-0.1, -0.05) is 6.92 Å². The Morgan fingerprint density at radius 1 is 1.44 bits per heavy atom. The van der Waals surface area contributed by atoms with E-state index >= 15 is 0 Å². The zero-order valence-corrected chi connectivity index (χ0v) is 10.8. The Balaban J connectivity index is 2.10. The molecule has 3 nitrogen and oxygen atoms in total. The van der Waals surface area contributed by atoms with Gasteiger partial charge in [0, 0.05) is 27.2 Å². The van der Waals surface area contributed by atoms with Crippen molar-refractivity contribution in [2.45, 2.75) is 25.8 Å². The number of aryl methyl sites for hydroxylation is 1. The minimum atomic E-state index is 0.200. The fourth-order valence-corrected chi connectivity index (χ4v) is 3.21. The van der Waals surface area contributed by atoms with Gasteiger partial charge < -0.3 is 0 Å². The highest BCUT2D eigenvalue weighted by Crippen LogP contribution is 2.26. The molecular weight excluding hydrogens is 238 g/mol. The van der Waals surface area contributed by atoms with Gasteiger partial charge in [0.25, 0.3) is 0 Å². The molecule has 0 aliphatic rings. The lowest BCUT2D eigenvalue weighted by Gasteiger charge is -2.12. The molecule has 5 heteroatoms. The number of hydrazine groups is 1. The molecule has 0 aromatic carbocycles. The van der Waals surface area contributed by atoms with E-state index < -0.39 is 0 Å². The van der Waals surface area contributed by atoms with Crippen LogP contribution in [-0.4, -0.2) is 4.98 Å². The maximum absolute atomic E-state index is 5.61. The van der Waals surface area contributed by atoms with Crippen LogP contribution in [0, 0.1) is 0 Å². The molecule has 3 N–H and O–H groups in total. The Hall–Kier alpha value is -0.750. The molecular formula is C11H15N3S2. The number of nitrogens with one attached hydrogen (secondary N) is 1. The predicted octanol–water partition coefficient (Wildman–Crippen LogP) is 2.51. The first-order valence-corrected chi connectivity index (χ1v) is 6.95. The molecule has 1 unspecified atom stereocenters. The maximum atomic E-state index is 5.61. The number of thiazole rings is 1. The molecule has 0 saturated carbocycles. The molecule has 2 aromatic rings. The second kappa shape index (κ2) is 5.54. The molecule has 0 spiro atoms. The number of hydrogen-bond acceptors (Lipinski definition) is 5. The Kier molecular flexibility index (Phi) is 4.06. The topological polar surface area (TPSA) is 50.9 Å². The Labute approximate surface area is 103 Å². The average molecular weight is 253 g/mol. The van der Waals surface area contributed by atoms with Crippen molar-refractivity contribution in [2.75, 3.05) is 0 Å². The van der Waals surface area contributed by atoms with Crippen LogP contribution in [0.2, 0.25) is 0 Å². The van der Waals surface area contributed by atoms with Crippen molar-refractivity contribution in [1.82, 2.24) is 10.4 Å². The lowest BCUT2D eigenvalue weighted by Crippen LogP contribution is -2.28. The highest BCUT2D eigenvalue weighted by atomic mass is 32.1. The van der Waals surface area contributed by atoms with E-state index in [1.54, 1.807) is 11.3 Å². The van der Waals surface area contributed by atoms with Crippen LogP contribution in [0.25, 0.3) is 0 Å². The summed E-state index contributed by atoms with van der Waals surface area (Å²) in [5, 5.41) is 0. The van der Waals surface area contributed by atoms with E-state index in [2.05, 4.69) is 29.5 Å². The summed E-state index contributed by atoms with van der Waals surface area (Å²) in [4.78, 5) is 8.04. The van der Waals surface area contributed by atoms with Gasteiger partial charge in [-0.25, -0.2) is 0 Å². The van der Waals surface area contributed by atoms with Crippen molar-refractivity contribution >= 4 is 22.7 Å². The zero-order chi connectivity index (χ0) is 11.4. The lowest BCUT2D eigenvalue weighted by molar-refractivity contribution is 0.564. The normalized spacial score (nSPS) is 12.9. The molecule has 0 amide bonds. The van der Waals surface area contributed by atoms with Gasteiger partial charge in [0.1, 0.15) is 0 Å². The molecule has 2 heterocycles. The van der Waals surface area contributed by atoms with Gasteiger partial charge in [0.05, 0.1) is 11.6 Å². The zero-order valence-electron chi connectivity index (χ0n) is 9.14. The Morgan fingerprint density at radius 2 is 2.31 bits per heavy atom. The summed E-state index contributed by atoms with van der Waals surface area (Å²) in [6.07, 6.45) is 3.90. The molecule has 86 valence electrons. The third kappa shape index (κ3) is 2.68. The molecule has 0 saturated heterocycles. The monoisotopic (exact) mass is 253 g/mol. The van der Waals surface area contributed by atoms with Crippen LogP contribution in [0.15, 0.2) is 23.8 Å². The van der Waals surface area contributed by atoms with E-state index in [4.69, 9.17) is 5.84 Å². The number of hydrogen-bond donors (Lipinski definition) is 2. The number of thiophene rings is 1. The fourth-order valence-electron chi connectivity index (χ4n) is 1.56. The molecule has 0 aliphatic heterocycles.